The maximum Gasteiger partial charge on any atom is 0.271 e. The highest BCUT2D eigenvalue weighted by molar-refractivity contribution is 8.00. The highest BCUT2D eigenvalue weighted by Gasteiger charge is 2.35. The van der Waals surface area contributed by atoms with Gasteiger partial charge in [0.2, 0.25) is 0 Å². The Hall–Kier alpha value is -2.94. The summed E-state index contributed by atoms with van der Waals surface area (Å²) in [5, 5.41) is 11.6. The zero-order chi connectivity index (χ0) is 18.0. The monoisotopic (exact) mass is 358 g/mol. The number of non-ortho nitro benzene ring substituents is 1. The second kappa shape index (κ2) is 6.89. The van der Waals surface area contributed by atoms with Crippen molar-refractivity contribution in [3.63, 3.8) is 0 Å². The third kappa shape index (κ3) is 3.61. The summed E-state index contributed by atoms with van der Waals surface area (Å²) >= 11 is 1.30. The number of hydrazine groups is 1. The van der Waals surface area contributed by atoms with Crippen LogP contribution < -0.4 is 5.43 Å². The first-order chi connectivity index (χ1) is 12.0. The Kier molecular flexibility index (Phi) is 4.66. The minimum absolute atomic E-state index is 0.0635. The first kappa shape index (κ1) is 16.9. The van der Waals surface area contributed by atoms with Crippen LogP contribution in [0.1, 0.15) is 27.0 Å². The fourth-order valence-electron chi connectivity index (χ4n) is 2.36. The molecule has 1 aromatic heterocycles. The molecule has 2 amide bonds. The lowest BCUT2D eigenvalue weighted by Gasteiger charge is -2.24. The van der Waals surface area contributed by atoms with Crippen molar-refractivity contribution >= 4 is 29.3 Å². The van der Waals surface area contributed by atoms with Crippen LogP contribution in [-0.4, -0.2) is 32.5 Å². The number of nitrogens with zero attached hydrogens (tertiary/aromatic N) is 3. The first-order valence-electron chi connectivity index (χ1n) is 7.37. The van der Waals surface area contributed by atoms with Crippen LogP contribution in [0.4, 0.5) is 5.69 Å². The lowest BCUT2D eigenvalue weighted by molar-refractivity contribution is -0.384. The Morgan fingerprint density at radius 1 is 1.40 bits per heavy atom. The van der Waals surface area contributed by atoms with Crippen LogP contribution in [0.25, 0.3) is 0 Å². The van der Waals surface area contributed by atoms with E-state index in [1.54, 1.807) is 31.2 Å². The maximum absolute atomic E-state index is 12.3. The summed E-state index contributed by atoms with van der Waals surface area (Å²) in [6.45, 7) is 1.81. The second-order valence-electron chi connectivity index (χ2n) is 5.41. The van der Waals surface area contributed by atoms with E-state index in [9.17, 15) is 19.7 Å². The number of benzene rings is 1. The summed E-state index contributed by atoms with van der Waals surface area (Å²) in [6.07, 6.45) is 1.43. The molecule has 2 aromatic rings. The van der Waals surface area contributed by atoms with Gasteiger partial charge in [-0.2, -0.15) is 0 Å². The van der Waals surface area contributed by atoms with Gasteiger partial charge in [-0.3, -0.25) is 30.1 Å². The Morgan fingerprint density at radius 3 is 2.88 bits per heavy atom. The average molecular weight is 358 g/mol. The van der Waals surface area contributed by atoms with Crippen molar-refractivity contribution < 1.29 is 14.5 Å². The summed E-state index contributed by atoms with van der Waals surface area (Å²) in [5.41, 5.74) is 4.19. The van der Waals surface area contributed by atoms with E-state index in [2.05, 4.69) is 10.4 Å². The molecule has 8 nitrogen and oxygen atoms in total. The van der Waals surface area contributed by atoms with Crippen molar-refractivity contribution in [3.8, 4) is 0 Å². The minimum Gasteiger partial charge on any atom is -0.272 e. The molecule has 1 fully saturated rings. The van der Waals surface area contributed by atoms with Gasteiger partial charge in [-0.05, 0) is 24.6 Å². The number of aromatic nitrogens is 1. The molecule has 0 radical (unpaired) electrons. The Bertz CT molecular complexity index is 840. The Balaban J connectivity index is 1.82. The second-order valence-corrected chi connectivity index (χ2v) is 6.48. The average Bonchev–Trinajstić information content (AvgIpc) is 2.96. The molecule has 9 heteroatoms. The molecule has 0 aliphatic carbocycles. The standard InChI is InChI=1S/C16H14N4O4S/c1-10-5-6-12(8-17-10)15(22)18-19-14(21)9-25-16(19)11-3-2-4-13(7-11)20(23)24/h2-8,16H,9H2,1H3,(H,18,22). The van der Waals surface area contributed by atoms with E-state index in [1.807, 2.05) is 0 Å². The highest BCUT2D eigenvalue weighted by atomic mass is 32.2. The maximum atomic E-state index is 12.3. The van der Waals surface area contributed by atoms with Crippen molar-refractivity contribution in [1.82, 2.24) is 15.4 Å². The molecule has 25 heavy (non-hydrogen) atoms. The third-order valence-electron chi connectivity index (χ3n) is 3.63. The van der Waals surface area contributed by atoms with Crippen LogP contribution in [0.3, 0.4) is 0 Å². The van der Waals surface area contributed by atoms with Crippen LogP contribution in [-0.2, 0) is 4.79 Å². The van der Waals surface area contributed by atoms with Gasteiger partial charge in [0.15, 0.2) is 0 Å². The molecular weight excluding hydrogens is 344 g/mol. The zero-order valence-corrected chi connectivity index (χ0v) is 14.0. The summed E-state index contributed by atoms with van der Waals surface area (Å²) in [6, 6.07) is 9.35. The number of rotatable bonds is 4. The van der Waals surface area contributed by atoms with Crippen LogP contribution in [0.15, 0.2) is 42.6 Å². The van der Waals surface area contributed by atoms with Crippen LogP contribution >= 0.6 is 11.8 Å². The van der Waals surface area contributed by atoms with E-state index in [0.717, 1.165) is 5.69 Å². The van der Waals surface area contributed by atoms with Gasteiger partial charge in [-0.1, -0.05) is 12.1 Å². The molecule has 128 valence electrons. The topological polar surface area (TPSA) is 105 Å². The largest absolute Gasteiger partial charge is 0.272 e. The molecule has 1 atom stereocenters. The van der Waals surface area contributed by atoms with E-state index in [1.165, 1.54) is 35.1 Å². The predicted molar refractivity (Wildman–Crippen MR) is 91.6 cm³/mol. The third-order valence-corrected chi connectivity index (χ3v) is 4.84. The number of hydrogen-bond donors (Lipinski definition) is 1. The van der Waals surface area contributed by atoms with Crippen LogP contribution in [0.5, 0.6) is 0 Å². The number of hydrogen-bond acceptors (Lipinski definition) is 6. The van der Waals surface area contributed by atoms with Crippen molar-refractivity contribution in [3.05, 3.63) is 69.5 Å². The number of pyridine rings is 1. The normalized spacial score (nSPS) is 16.8. The van der Waals surface area contributed by atoms with Gasteiger partial charge in [0.05, 0.1) is 16.2 Å². The fourth-order valence-corrected chi connectivity index (χ4v) is 3.46. The molecule has 0 spiro atoms. The van der Waals surface area contributed by atoms with E-state index in [0.29, 0.717) is 11.1 Å². The number of nitro benzene ring substituents is 1. The van der Waals surface area contributed by atoms with Crippen molar-refractivity contribution in [1.29, 1.82) is 0 Å². The molecule has 1 aromatic carbocycles. The molecule has 1 saturated heterocycles. The summed E-state index contributed by atoms with van der Waals surface area (Å²) in [5.74, 6) is -0.548. The van der Waals surface area contributed by atoms with Gasteiger partial charge in [-0.15, -0.1) is 11.8 Å². The van der Waals surface area contributed by atoms with Crippen LogP contribution in [0.2, 0.25) is 0 Å². The molecule has 0 saturated carbocycles. The highest BCUT2D eigenvalue weighted by Crippen LogP contribution is 2.38. The van der Waals surface area contributed by atoms with Crippen LogP contribution in [0, 0.1) is 17.0 Å². The number of nitro groups is 1. The molecule has 1 aliphatic heterocycles. The number of thioether (sulfide) groups is 1. The number of amides is 2. The summed E-state index contributed by atoms with van der Waals surface area (Å²) < 4.78 is 0. The lowest BCUT2D eigenvalue weighted by Crippen LogP contribution is -2.44. The Morgan fingerprint density at radius 2 is 2.20 bits per heavy atom. The molecule has 1 unspecified atom stereocenters. The minimum atomic E-state index is -0.519. The molecular formula is C16H14N4O4S. The van der Waals surface area contributed by atoms with E-state index >= 15 is 0 Å². The van der Waals surface area contributed by atoms with Crippen molar-refractivity contribution in [2.45, 2.75) is 12.3 Å². The van der Waals surface area contributed by atoms with Gasteiger partial charge in [0, 0.05) is 24.0 Å². The van der Waals surface area contributed by atoms with E-state index < -0.39 is 16.2 Å². The SMILES string of the molecule is Cc1ccc(C(=O)NN2C(=O)CSC2c2cccc([N+](=O)[O-])c2)cn1. The zero-order valence-electron chi connectivity index (χ0n) is 13.2. The summed E-state index contributed by atoms with van der Waals surface area (Å²) in [7, 11) is 0. The molecule has 2 heterocycles. The predicted octanol–water partition coefficient (Wildman–Crippen LogP) is 2.22. The molecule has 0 bridgehead atoms. The number of aryl methyl sites for hydroxylation is 1. The Labute approximate surface area is 147 Å². The summed E-state index contributed by atoms with van der Waals surface area (Å²) in [4.78, 5) is 39.0. The van der Waals surface area contributed by atoms with Gasteiger partial charge in [-0.25, -0.2) is 5.01 Å². The fraction of sp³-hybridized carbons (Fsp3) is 0.188. The van der Waals surface area contributed by atoms with Gasteiger partial charge in [0.1, 0.15) is 5.37 Å². The van der Waals surface area contributed by atoms with Gasteiger partial charge >= 0.3 is 0 Å². The number of carbonyl (C=O) groups is 2. The molecule has 1 N–H and O–H groups in total. The van der Waals surface area contributed by atoms with E-state index in [4.69, 9.17) is 0 Å². The number of carbonyl (C=O) groups excluding carboxylic acids is 2. The first-order valence-corrected chi connectivity index (χ1v) is 8.42. The van der Waals surface area contributed by atoms with E-state index in [-0.39, 0.29) is 17.3 Å². The molecule has 3 rings (SSSR count). The smallest absolute Gasteiger partial charge is 0.271 e. The number of nitrogens with one attached hydrogen (secondary N) is 1. The molecule has 1 aliphatic rings. The quantitative estimate of drug-likeness (QED) is 0.663. The van der Waals surface area contributed by atoms with Crippen molar-refractivity contribution in [2.75, 3.05) is 5.75 Å². The van der Waals surface area contributed by atoms with Gasteiger partial charge < -0.3 is 0 Å². The van der Waals surface area contributed by atoms with Gasteiger partial charge in [0.25, 0.3) is 17.5 Å². The van der Waals surface area contributed by atoms with Crippen molar-refractivity contribution in [2.24, 2.45) is 0 Å². The lowest BCUT2D eigenvalue weighted by atomic mass is 10.2.